The van der Waals surface area contributed by atoms with Crippen LogP contribution in [0.15, 0.2) is 59.0 Å². The van der Waals surface area contributed by atoms with Gasteiger partial charge in [0.05, 0.1) is 5.52 Å². The molecule has 2 aromatic carbocycles. The molecule has 4 aromatic rings. The van der Waals surface area contributed by atoms with Gasteiger partial charge in [0.15, 0.2) is 0 Å². The van der Waals surface area contributed by atoms with Crippen LogP contribution >= 0.6 is 0 Å². The van der Waals surface area contributed by atoms with Crippen LogP contribution in [0.5, 0.6) is 5.75 Å². The Balaban J connectivity index is 1.51. The smallest absolute Gasteiger partial charge is 0.387 e. The molecule has 0 radical (unpaired) electrons. The van der Waals surface area contributed by atoms with Crippen molar-refractivity contribution in [1.29, 1.82) is 0 Å². The van der Waals surface area contributed by atoms with E-state index in [0.717, 1.165) is 16.5 Å². The SMILES string of the molecule is Cc1ccc2nc(-c3nnc(/C=C\c4ccc(OC(F)F)cc4)o3)ccc2c1. The van der Waals surface area contributed by atoms with Crippen LogP contribution in [0, 0.1) is 6.92 Å². The van der Waals surface area contributed by atoms with Crippen molar-refractivity contribution in [2.24, 2.45) is 0 Å². The number of hydrogen-bond acceptors (Lipinski definition) is 5. The van der Waals surface area contributed by atoms with Gasteiger partial charge in [-0.3, -0.25) is 0 Å². The number of benzene rings is 2. The van der Waals surface area contributed by atoms with Crippen LogP contribution in [0.25, 0.3) is 34.6 Å². The molecule has 0 bridgehead atoms. The Labute approximate surface area is 159 Å². The monoisotopic (exact) mass is 379 g/mol. The molecule has 2 heterocycles. The third kappa shape index (κ3) is 4.03. The van der Waals surface area contributed by atoms with Gasteiger partial charge in [-0.25, -0.2) is 4.98 Å². The number of halogens is 2. The average Bonchev–Trinajstić information content (AvgIpc) is 3.16. The predicted molar refractivity (Wildman–Crippen MR) is 102 cm³/mol. The van der Waals surface area contributed by atoms with Crippen LogP contribution in [-0.2, 0) is 0 Å². The van der Waals surface area contributed by atoms with Gasteiger partial charge in [-0.2, -0.15) is 8.78 Å². The first-order chi connectivity index (χ1) is 13.6. The summed E-state index contributed by atoms with van der Waals surface area (Å²) in [5, 5.41) is 9.07. The fourth-order valence-electron chi connectivity index (χ4n) is 2.70. The highest BCUT2D eigenvalue weighted by molar-refractivity contribution is 5.81. The van der Waals surface area contributed by atoms with Crippen LogP contribution in [0.2, 0.25) is 0 Å². The first-order valence-electron chi connectivity index (χ1n) is 8.51. The molecule has 28 heavy (non-hydrogen) atoms. The highest BCUT2D eigenvalue weighted by Gasteiger charge is 2.09. The first kappa shape index (κ1) is 17.8. The zero-order valence-electron chi connectivity index (χ0n) is 14.8. The van der Waals surface area contributed by atoms with Gasteiger partial charge in [0.1, 0.15) is 11.4 Å². The van der Waals surface area contributed by atoms with E-state index in [1.54, 1.807) is 24.3 Å². The third-order valence-electron chi connectivity index (χ3n) is 4.03. The molecule has 0 aliphatic rings. The van der Waals surface area contributed by atoms with Crippen LogP contribution in [0.3, 0.4) is 0 Å². The number of hydrogen-bond donors (Lipinski definition) is 0. The van der Waals surface area contributed by atoms with Crippen LogP contribution in [0.4, 0.5) is 8.78 Å². The topological polar surface area (TPSA) is 61.0 Å². The molecule has 0 unspecified atom stereocenters. The molecule has 0 saturated carbocycles. The highest BCUT2D eigenvalue weighted by Crippen LogP contribution is 2.22. The van der Waals surface area contributed by atoms with Gasteiger partial charge in [0.2, 0.25) is 5.89 Å². The summed E-state index contributed by atoms with van der Waals surface area (Å²) in [7, 11) is 0. The van der Waals surface area contributed by atoms with Crippen LogP contribution in [-0.4, -0.2) is 21.8 Å². The summed E-state index contributed by atoms with van der Waals surface area (Å²) in [6, 6.07) is 16.0. The Morgan fingerprint density at radius 3 is 2.57 bits per heavy atom. The number of rotatable bonds is 5. The van der Waals surface area contributed by atoms with E-state index in [-0.39, 0.29) is 5.75 Å². The Morgan fingerprint density at radius 1 is 0.964 bits per heavy atom. The molecular weight excluding hydrogens is 364 g/mol. The Hall–Kier alpha value is -3.61. The number of aromatic nitrogens is 3. The molecule has 0 N–H and O–H groups in total. The number of alkyl halides is 2. The van der Waals surface area contributed by atoms with Crippen molar-refractivity contribution in [2.75, 3.05) is 0 Å². The minimum absolute atomic E-state index is 0.102. The van der Waals surface area contributed by atoms with Crippen molar-refractivity contribution in [3.05, 3.63) is 71.6 Å². The summed E-state index contributed by atoms with van der Waals surface area (Å²) in [6.07, 6.45) is 3.38. The number of ether oxygens (including phenoxy) is 1. The summed E-state index contributed by atoms with van der Waals surface area (Å²) in [5.74, 6) is 0.737. The zero-order valence-corrected chi connectivity index (χ0v) is 14.8. The standard InChI is InChI=1S/C21H15F2N3O2/c1-13-2-9-17-15(12-13)6-10-18(24-17)20-26-25-19(28-20)11-5-14-3-7-16(8-4-14)27-21(22)23/h2-12,21H,1H3/b11-5-. The van der Waals surface area contributed by atoms with Crippen molar-refractivity contribution < 1.29 is 17.9 Å². The van der Waals surface area contributed by atoms with E-state index in [9.17, 15) is 8.78 Å². The van der Waals surface area contributed by atoms with Gasteiger partial charge in [-0.15, -0.1) is 10.2 Å². The molecule has 0 aliphatic carbocycles. The van der Waals surface area contributed by atoms with E-state index in [0.29, 0.717) is 17.5 Å². The summed E-state index contributed by atoms with van der Waals surface area (Å²) in [6.45, 7) is -0.811. The minimum atomic E-state index is -2.84. The molecule has 7 heteroatoms. The summed E-state index contributed by atoms with van der Waals surface area (Å²) >= 11 is 0. The van der Waals surface area contributed by atoms with Gasteiger partial charge in [-0.1, -0.05) is 29.8 Å². The summed E-state index contributed by atoms with van der Waals surface area (Å²) in [4.78, 5) is 4.56. The molecule has 0 saturated heterocycles. The molecule has 0 amide bonds. The Kier molecular flexibility index (Phi) is 4.80. The molecule has 140 valence electrons. The normalized spacial score (nSPS) is 11.6. The van der Waals surface area contributed by atoms with Crippen molar-refractivity contribution in [1.82, 2.24) is 15.2 Å². The minimum Gasteiger partial charge on any atom is -0.435 e. The maximum Gasteiger partial charge on any atom is 0.387 e. The van der Waals surface area contributed by atoms with Crippen LogP contribution in [0.1, 0.15) is 17.0 Å². The number of pyridine rings is 1. The second kappa shape index (κ2) is 7.56. The second-order valence-corrected chi connectivity index (χ2v) is 6.12. The maximum absolute atomic E-state index is 12.2. The average molecular weight is 379 g/mol. The Morgan fingerprint density at radius 2 is 1.79 bits per heavy atom. The van der Waals surface area contributed by atoms with E-state index in [4.69, 9.17) is 4.42 Å². The van der Waals surface area contributed by atoms with Crippen molar-refractivity contribution in [2.45, 2.75) is 13.5 Å². The highest BCUT2D eigenvalue weighted by atomic mass is 19.3. The lowest BCUT2D eigenvalue weighted by atomic mass is 10.1. The third-order valence-corrected chi connectivity index (χ3v) is 4.03. The van der Waals surface area contributed by atoms with Gasteiger partial charge >= 0.3 is 6.61 Å². The molecular formula is C21H15F2N3O2. The number of aryl methyl sites for hydroxylation is 1. The van der Waals surface area contributed by atoms with Crippen molar-refractivity contribution in [3.8, 4) is 17.3 Å². The van der Waals surface area contributed by atoms with Gasteiger partial charge in [-0.05, 0) is 48.9 Å². The van der Waals surface area contributed by atoms with Crippen LogP contribution < -0.4 is 4.74 Å². The quantitative estimate of drug-likeness (QED) is 0.467. The predicted octanol–water partition coefficient (Wildman–Crippen LogP) is 5.37. The van der Waals surface area contributed by atoms with Gasteiger partial charge < -0.3 is 9.15 Å². The van der Waals surface area contributed by atoms with E-state index in [2.05, 4.69) is 26.0 Å². The lowest BCUT2D eigenvalue weighted by Crippen LogP contribution is -2.01. The largest absolute Gasteiger partial charge is 0.435 e. The molecule has 0 aliphatic heterocycles. The van der Waals surface area contributed by atoms with E-state index < -0.39 is 6.61 Å². The molecule has 5 nitrogen and oxygen atoms in total. The molecule has 0 fully saturated rings. The van der Waals surface area contributed by atoms with Gasteiger partial charge in [0.25, 0.3) is 5.89 Å². The molecule has 4 rings (SSSR count). The lowest BCUT2D eigenvalue weighted by molar-refractivity contribution is -0.0498. The zero-order chi connectivity index (χ0) is 19.5. The first-order valence-corrected chi connectivity index (χ1v) is 8.51. The maximum atomic E-state index is 12.2. The Bertz CT molecular complexity index is 1140. The fraction of sp³-hybridized carbons (Fsp3) is 0.0952. The van der Waals surface area contributed by atoms with E-state index in [1.165, 1.54) is 17.7 Å². The molecule has 0 atom stereocenters. The van der Waals surface area contributed by atoms with E-state index in [1.807, 2.05) is 31.2 Å². The number of fused-ring (bicyclic) bond motifs is 1. The van der Waals surface area contributed by atoms with Crippen molar-refractivity contribution >= 4 is 23.1 Å². The van der Waals surface area contributed by atoms with Gasteiger partial charge in [0, 0.05) is 11.5 Å². The number of nitrogens with zero attached hydrogens (tertiary/aromatic N) is 3. The second-order valence-electron chi connectivity index (χ2n) is 6.12. The fourth-order valence-corrected chi connectivity index (χ4v) is 2.70. The lowest BCUT2D eigenvalue weighted by Gasteiger charge is -2.03. The molecule has 2 aromatic heterocycles. The van der Waals surface area contributed by atoms with E-state index >= 15 is 0 Å². The summed E-state index contributed by atoms with van der Waals surface area (Å²) in [5.41, 5.74) is 3.39. The summed E-state index contributed by atoms with van der Waals surface area (Å²) < 4.78 is 34.3. The van der Waals surface area contributed by atoms with Crippen molar-refractivity contribution in [3.63, 3.8) is 0 Å². The molecule has 0 spiro atoms.